The number of hydrogen-bond acceptors (Lipinski definition) is 4. The van der Waals surface area contributed by atoms with Crippen LogP contribution in [0.25, 0.3) is 0 Å². The molecule has 1 aromatic rings. The van der Waals surface area contributed by atoms with Crippen molar-refractivity contribution in [3.63, 3.8) is 0 Å². The van der Waals surface area contributed by atoms with Crippen molar-refractivity contribution < 1.29 is 65.4 Å². The van der Waals surface area contributed by atoms with Gasteiger partial charge < -0.3 is 20.4 Å². The summed E-state index contributed by atoms with van der Waals surface area (Å²) in [5, 5.41) is 32.2. The summed E-state index contributed by atoms with van der Waals surface area (Å²) in [6, 6.07) is 8.49. The molecule has 0 atom stereocenters. The molecule has 0 bridgehead atoms. The van der Waals surface area contributed by atoms with Gasteiger partial charge in [0.25, 0.3) is 0 Å². The summed E-state index contributed by atoms with van der Waals surface area (Å²) in [5.41, 5.74) is 0. The Morgan fingerprint density at radius 3 is 0.920 bits per heavy atom. The van der Waals surface area contributed by atoms with Gasteiger partial charge in [-0.2, -0.15) is 18.2 Å². The van der Waals surface area contributed by atoms with Crippen molar-refractivity contribution in [2.75, 3.05) is 0 Å². The minimum atomic E-state index is -0.209. The number of aliphatic hydroxyl groups is 4. The number of hydrogen-bond donors (Lipinski definition) is 4. The first-order chi connectivity index (χ1) is 10.3. The van der Waals surface area contributed by atoms with Crippen molar-refractivity contribution in [2.24, 2.45) is 0 Å². The molecular weight excluding hydrogens is 354 g/mol. The molecular formula is C18H36FLiO4Ti. The van der Waals surface area contributed by atoms with Crippen molar-refractivity contribution in [3.05, 3.63) is 36.1 Å². The molecule has 0 aliphatic carbocycles. The van der Waals surface area contributed by atoms with Crippen LogP contribution in [0.5, 0.6) is 0 Å². The molecule has 0 aliphatic heterocycles. The summed E-state index contributed by atoms with van der Waals surface area (Å²) in [7, 11) is 0. The molecule has 1 aromatic carbocycles. The van der Waals surface area contributed by atoms with E-state index in [1.54, 1.807) is 55.4 Å². The Morgan fingerprint density at radius 1 is 0.680 bits per heavy atom. The third-order valence-electron chi connectivity index (χ3n) is 0.678. The number of aliphatic hydroxyl groups excluding tert-OH is 4. The first-order valence-electron chi connectivity index (χ1n) is 7.66. The normalized spacial score (nSPS) is 8.20. The fourth-order valence-electron chi connectivity index (χ4n) is 0.367. The van der Waals surface area contributed by atoms with Gasteiger partial charge in [-0.25, -0.2) is 4.39 Å². The molecule has 0 radical (unpaired) electrons. The predicted octanol–water partition coefficient (Wildman–Crippen LogP) is 0.176. The van der Waals surface area contributed by atoms with Gasteiger partial charge in [0.1, 0.15) is 0 Å². The van der Waals surface area contributed by atoms with Gasteiger partial charge >= 0.3 is 18.9 Å². The van der Waals surface area contributed by atoms with E-state index < -0.39 is 0 Å². The molecule has 4 nitrogen and oxygen atoms in total. The largest absolute Gasteiger partial charge is 1.00 e. The third kappa shape index (κ3) is 175. The summed E-state index contributed by atoms with van der Waals surface area (Å²) >= 11 is 0. The third-order valence-corrected chi connectivity index (χ3v) is 0.678. The van der Waals surface area contributed by atoms with E-state index in [0.29, 0.717) is 0 Å². The first kappa shape index (κ1) is 40.1. The van der Waals surface area contributed by atoms with E-state index in [2.05, 4.69) is 6.07 Å². The van der Waals surface area contributed by atoms with Gasteiger partial charge in [-0.1, -0.05) is 0 Å². The molecule has 0 unspecified atom stereocenters. The maximum Gasteiger partial charge on any atom is 1.00 e. The van der Waals surface area contributed by atoms with E-state index in [4.69, 9.17) is 20.4 Å². The maximum atomic E-state index is 11.9. The zero-order valence-corrected chi connectivity index (χ0v) is 18.8. The van der Waals surface area contributed by atoms with E-state index >= 15 is 0 Å². The van der Waals surface area contributed by atoms with Gasteiger partial charge in [0.2, 0.25) is 0 Å². The molecule has 0 saturated heterocycles. The zero-order chi connectivity index (χ0) is 19.4. The van der Waals surface area contributed by atoms with Crippen LogP contribution in [0.4, 0.5) is 4.39 Å². The smallest absolute Gasteiger partial charge is 0.394 e. The topological polar surface area (TPSA) is 80.9 Å². The van der Waals surface area contributed by atoms with Crippen molar-refractivity contribution >= 4 is 0 Å². The van der Waals surface area contributed by atoms with Crippen LogP contribution in [-0.4, -0.2) is 44.8 Å². The Hall–Kier alpha value is 0.302. The van der Waals surface area contributed by atoms with Gasteiger partial charge in [-0.3, -0.25) is 0 Å². The number of benzene rings is 1. The van der Waals surface area contributed by atoms with Gasteiger partial charge in [-0.15, -0.1) is 12.1 Å². The van der Waals surface area contributed by atoms with Crippen molar-refractivity contribution in [1.82, 2.24) is 0 Å². The second-order valence-electron chi connectivity index (χ2n) is 5.59. The van der Waals surface area contributed by atoms with Crippen molar-refractivity contribution in [2.45, 2.75) is 79.8 Å². The number of rotatable bonds is 0. The summed E-state index contributed by atoms with van der Waals surface area (Å²) in [5.74, 6) is -0.209. The van der Waals surface area contributed by atoms with Crippen LogP contribution in [-0.2, 0) is 21.7 Å². The van der Waals surface area contributed by atoms with E-state index in [1.807, 2.05) is 0 Å². The van der Waals surface area contributed by atoms with Gasteiger partial charge in [-0.05, 0) is 55.4 Å². The van der Waals surface area contributed by atoms with Crippen LogP contribution in [0.15, 0.2) is 24.3 Å². The zero-order valence-electron chi connectivity index (χ0n) is 17.3. The summed E-state index contributed by atoms with van der Waals surface area (Å²) in [6.45, 7) is 13.8. The van der Waals surface area contributed by atoms with Crippen LogP contribution in [0.1, 0.15) is 55.4 Å². The standard InChI is InChI=1S/C6H4F.4C3H8O.Li.Ti/c7-6-4-2-1-3-5-6;4*1-3(2)4;;/h2-5H;4*3-4H,1-2H3;;/q-1;;;;;+1;. The predicted molar refractivity (Wildman–Crippen MR) is 94.7 cm³/mol. The molecule has 0 heterocycles. The fraction of sp³-hybridized carbons (Fsp3) is 0.667. The van der Waals surface area contributed by atoms with Gasteiger partial charge in [0, 0.05) is 52.0 Å². The van der Waals surface area contributed by atoms with Crippen molar-refractivity contribution in [3.8, 4) is 0 Å². The van der Waals surface area contributed by atoms with E-state index in [9.17, 15) is 4.39 Å². The van der Waals surface area contributed by atoms with Gasteiger partial charge in [0.15, 0.2) is 0 Å². The van der Waals surface area contributed by atoms with E-state index in [0.717, 1.165) is 0 Å². The fourth-order valence-corrected chi connectivity index (χ4v) is 0.367. The Bertz CT molecular complexity index is 265. The van der Waals surface area contributed by atoms with Crippen LogP contribution < -0.4 is 18.9 Å². The molecule has 0 spiro atoms. The van der Waals surface area contributed by atoms with E-state index in [1.165, 1.54) is 24.3 Å². The number of halogens is 1. The minimum Gasteiger partial charge on any atom is -0.394 e. The molecule has 0 aromatic heterocycles. The SMILES string of the molecule is CC(C)O.CC(C)O.CC(C)O.CC(C)O.Fc1cc[c-]cc1.[Li+].[Ti]. The first-order valence-corrected chi connectivity index (χ1v) is 7.66. The van der Waals surface area contributed by atoms with Crippen molar-refractivity contribution in [1.29, 1.82) is 0 Å². The Kier molecular flexibility index (Phi) is 51.4. The Balaban J connectivity index is -0.0000000456. The van der Waals surface area contributed by atoms with Crippen LogP contribution in [0.3, 0.4) is 0 Å². The molecule has 4 N–H and O–H groups in total. The van der Waals surface area contributed by atoms with Crippen LogP contribution in [0.2, 0.25) is 0 Å². The molecule has 0 fully saturated rings. The monoisotopic (exact) mass is 390 g/mol. The van der Waals surface area contributed by atoms with Crippen LogP contribution >= 0.6 is 0 Å². The average molecular weight is 390 g/mol. The van der Waals surface area contributed by atoms with Gasteiger partial charge in [0.05, 0.1) is 0 Å². The molecule has 0 aliphatic rings. The Labute approximate surface area is 180 Å². The van der Waals surface area contributed by atoms with E-state index in [-0.39, 0.29) is 70.8 Å². The molecule has 7 heteroatoms. The second-order valence-corrected chi connectivity index (χ2v) is 5.59. The second kappa shape index (κ2) is 32.0. The molecule has 144 valence electrons. The summed E-state index contributed by atoms with van der Waals surface area (Å²) in [6.07, 6.45) is -0.667. The maximum absolute atomic E-state index is 11.9. The minimum absolute atomic E-state index is 0. The average Bonchev–Trinajstić information content (AvgIpc) is 2.26. The molecule has 0 saturated carbocycles. The summed E-state index contributed by atoms with van der Waals surface area (Å²) in [4.78, 5) is 0. The quantitative estimate of drug-likeness (QED) is 0.376. The summed E-state index contributed by atoms with van der Waals surface area (Å²) < 4.78 is 11.9. The molecule has 1 rings (SSSR count). The molecule has 0 amide bonds. The Morgan fingerprint density at radius 2 is 0.840 bits per heavy atom. The van der Waals surface area contributed by atoms with Crippen LogP contribution in [0, 0.1) is 11.9 Å². The molecule has 25 heavy (non-hydrogen) atoms.